The van der Waals surface area contributed by atoms with Crippen LogP contribution in [0.2, 0.25) is 0 Å². The molecule has 0 aliphatic carbocycles. The maximum atomic E-state index is 12.1. The van der Waals surface area contributed by atoms with E-state index in [1.165, 1.54) is 44.7 Å². The number of ether oxygens (including phenoxy) is 3. The van der Waals surface area contributed by atoms with Crippen LogP contribution in [0.5, 0.6) is 17.2 Å². The van der Waals surface area contributed by atoms with E-state index < -0.39 is 12.5 Å². The predicted octanol–water partition coefficient (Wildman–Crippen LogP) is 3.29. The summed E-state index contributed by atoms with van der Waals surface area (Å²) < 4.78 is 38.7. The summed E-state index contributed by atoms with van der Waals surface area (Å²) in [7, 11) is 3.06. The highest BCUT2D eigenvalue weighted by Gasteiger charge is 2.06. The molecule has 0 spiro atoms. The molecule has 0 saturated carbocycles. The molecular weight excluding hydrogens is 362 g/mol. The van der Waals surface area contributed by atoms with Gasteiger partial charge in [0.15, 0.2) is 6.61 Å². The molecule has 9 heteroatoms. The minimum Gasteiger partial charge on any atom is -0.497 e. The Morgan fingerprint density at radius 1 is 1.11 bits per heavy atom. The number of nitrogens with one attached hydrogen (secondary N) is 1. The number of hydrogen-bond donors (Lipinski definition) is 1. The van der Waals surface area contributed by atoms with Gasteiger partial charge in [-0.05, 0) is 42.5 Å². The van der Waals surface area contributed by atoms with E-state index in [1.807, 2.05) is 0 Å². The van der Waals surface area contributed by atoms with Crippen molar-refractivity contribution in [2.75, 3.05) is 26.1 Å². The second-order valence-corrected chi connectivity index (χ2v) is 5.07. The predicted molar refractivity (Wildman–Crippen MR) is 94.8 cm³/mol. The average molecular weight is 380 g/mol. The second-order valence-electron chi connectivity index (χ2n) is 5.07. The molecule has 0 aliphatic rings. The van der Waals surface area contributed by atoms with E-state index in [-0.39, 0.29) is 12.4 Å². The number of halogens is 2. The van der Waals surface area contributed by atoms with Crippen molar-refractivity contribution in [2.45, 2.75) is 6.61 Å². The Balaban J connectivity index is 1.84. The fourth-order valence-electron chi connectivity index (χ4n) is 2.05. The Bertz CT molecular complexity index is 782. The maximum absolute atomic E-state index is 12.1. The summed E-state index contributed by atoms with van der Waals surface area (Å²) in [5.41, 5.74) is 1.02. The van der Waals surface area contributed by atoms with Crippen LogP contribution in [0.25, 0.3) is 0 Å². The van der Waals surface area contributed by atoms with Crippen LogP contribution in [0.4, 0.5) is 14.5 Å². The topological polar surface area (TPSA) is 78.4 Å². The number of oxime groups is 1. The van der Waals surface area contributed by atoms with Crippen molar-refractivity contribution in [2.24, 2.45) is 5.16 Å². The first-order valence-electron chi connectivity index (χ1n) is 7.74. The van der Waals surface area contributed by atoms with E-state index in [2.05, 4.69) is 15.2 Å². The first kappa shape index (κ1) is 20.0. The van der Waals surface area contributed by atoms with Gasteiger partial charge in [0.05, 0.1) is 20.4 Å². The Hall–Kier alpha value is -3.36. The number of nitrogens with zero attached hydrogens (tertiary/aromatic N) is 1. The van der Waals surface area contributed by atoms with Crippen LogP contribution in [-0.2, 0) is 9.63 Å². The van der Waals surface area contributed by atoms with Gasteiger partial charge in [-0.3, -0.25) is 4.79 Å². The lowest BCUT2D eigenvalue weighted by atomic mass is 10.2. The molecule has 1 amide bonds. The lowest BCUT2D eigenvalue weighted by molar-refractivity contribution is -0.120. The summed E-state index contributed by atoms with van der Waals surface area (Å²) in [6.07, 6.45) is 1.39. The summed E-state index contributed by atoms with van der Waals surface area (Å²) in [6.45, 7) is -3.24. The Kier molecular flexibility index (Phi) is 7.36. The van der Waals surface area contributed by atoms with Crippen molar-refractivity contribution in [3.8, 4) is 17.2 Å². The largest absolute Gasteiger partial charge is 0.497 e. The quantitative estimate of drug-likeness (QED) is 0.534. The normalized spacial score (nSPS) is 10.7. The molecule has 2 aromatic rings. The number of carbonyl (C=O) groups excluding carboxylic acids is 1. The third kappa shape index (κ3) is 6.46. The molecule has 2 aromatic carbocycles. The van der Waals surface area contributed by atoms with Crippen LogP contribution in [0.15, 0.2) is 47.6 Å². The van der Waals surface area contributed by atoms with E-state index in [0.29, 0.717) is 22.7 Å². The minimum atomic E-state index is -2.90. The van der Waals surface area contributed by atoms with Crippen LogP contribution in [-0.4, -0.2) is 39.6 Å². The molecule has 0 saturated heterocycles. The molecule has 0 radical (unpaired) electrons. The Morgan fingerprint density at radius 3 is 2.44 bits per heavy atom. The second kappa shape index (κ2) is 9.95. The Labute approximate surface area is 154 Å². The number of hydrogen-bond acceptors (Lipinski definition) is 6. The van der Waals surface area contributed by atoms with E-state index >= 15 is 0 Å². The zero-order valence-corrected chi connectivity index (χ0v) is 14.6. The molecule has 27 heavy (non-hydrogen) atoms. The molecule has 144 valence electrons. The van der Waals surface area contributed by atoms with E-state index in [0.717, 1.165) is 0 Å². The highest BCUT2D eigenvalue weighted by atomic mass is 19.3. The van der Waals surface area contributed by atoms with Gasteiger partial charge in [-0.15, -0.1) is 0 Å². The molecule has 0 fully saturated rings. The molecule has 0 atom stereocenters. The summed E-state index contributed by atoms with van der Waals surface area (Å²) >= 11 is 0. The van der Waals surface area contributed by atoms with Crippen LogP contribution in [0.1, 0.15) is 5.56 Å². The van der Waals surface area contributed by atoms with Gasteiger partial charge >= 0.3 is 6.61 Å². The van der Waals surface area contributed by atoms with Gasteiger partial charge in [0.1, 0.15) is 17.2 Å². The molecule has 0 heterocycles. The average Bonchev–Trinajstić information content (AvgIpc) is 2.66. The number of methoxy groups -OCH3 is 2. The van der Waals surface area contributed by atoms with E-state index in [1.54, 1.807) is 18.2 Å². The van der Waals surface area contributed by atoms with Gasteiger partial charge < -0.3 is 24.4 Å². The molecule has 2 rings (SSSR count). The number of benzene rings is 2. The van der Waals surface area contributed by atoms with Gasteiger partial charge in [0.25, 0.3) is 5.91 Å². The summed E-state index contributed by atoms with van der Waals surface area (Å²) in [5.74, 6) is 0.719. The SMILES string of the molecule is COc1ccc(OC)c(/C=N\OCC(=O)Nc2ccc(OC(F)F)cc2)c1. The van der Waals surface area contributed by atoms with Crippen molar-refractivity contribution >= 4 is 17.8 Å². The van der Waals surface area contributed by atoms with Crippen molar-refractivity contribution in [1.82, 2.24) is 0 Å². The molecule has 0 bridgehead atoms. The third-order valence-electron chi connectivity index (χ3n) is 3.26. The van der Waals surface area contributed by atoms with Crippen molar-refractivity contribution in [1.29, 1.82) is 0 Å². The minimum absolute atomic E-state index is 0.00362. The molecular formula is C18H18F2N2O5. The smallest absolute Gasteiger partial charge is 0.387 e. The highest BCUT2D eigenvalue weighted by Crippen LogP contribution is 2.22. The standard InChI is InChI=1S/C18H18F2N2O5/c1-24-15-7-8-16(25-2)12(9-15)10-21-26-11-17(23)22-13-3-5-14(6-4-13)27-18(19)20/h3-10,18H,11H2,1-2H3,(H,22,23)/b21-10-. The van der Waals surface area contributed by atoms with E-state index in [9.17, 15) is 13.6 Å². The molecule has 7 nitrogen and oxygen atoms in total. The lowest BCUT2D eigenvalue weighted by Gasteiger charge is -2.07. The third-order valence-corrected chi connectivity index (χ3v) is 3.26. The number of alkyl halides is 2. The van der Waals surface area contributed by atoms with Crippen LogP contribution in [0, 0.1) is 0 Å². The van der Waals surface area contributed by atoms with Crippen LogP contribution < -0.4 is 19.5 Å². The first-order chi connectivity index (χ1) is 13.0. The fourth-order valence-corrected chi connectivity index (χ4v) is 2.05. The summed E-state index contributed by atoms with van der Waals surface area (Å²) in [6, 6.07) is 10.6. The number of carbonyl (C=O) groups is 1. The fraction of sp³-hybridized carbons (Fsp3) is 0.222. The Morgan fingerprint density at radius 2 is 1.81 bits per heavy atom. The first-order valence-corrected chi connectivity index (χ1v) is 7.74. The zero-order chi connectivity index (χ0) is 19.6. The van der Waals surface area contributed by atoms with Crippen molar-refractivity contribution < 1.29 is 32.6 Å². The van der Waals surface area contributed by atoms with E-state index in [4.69, 9.17) is 14.3 Å². The van der Waals surface area contributed by atoms with Crippen molar-refractivity contribution in [3.05, 3.63) is 48.0 Å². The molecule has 1 N–H and O–H groups in total. The van der Waals surface area contributed by atoms with Crippen molar-refractivity contribution in [3.63, 3.8) is 0 Å². The van der Waals surface area contributed by atoms with Gasteiger partial charge in [-0.2, -0.15) is 8.78 Å². The molecule has 0 aliphatic heterocycles. The van der Waals surface area contributed by atoms with Gasteiger partial charge in [0, 0.05) is 11.3 Å². The zero-order valence-electron chi connectivity index (χ0n) is 14.6. The summed E-state index contributed by atoms with van der Waals surface area (Å²) in [5, 5.41) is 6.27. The lowest BCUT2D eigenvalue weighted by Crippen LogP contribution is -2.17. The number of amides is 1. The summed E-state index contributed by atoms with van der Waals surface area (Å²) in [4.78, 5) is 16.8. The van der Waals surface area contributed by atoms with Gasteiger partial charge in [0.2, 0.25) is 0 Å². The van der Waals surface area contributed by atoms with Crippen LogP contribution in [0.3, 0.4) is 0 Å². The highest BCUT2D eigenvalue weighted by molar-refractivity contribution is 5.91. The van der Waals surface area contributed by atoms with Crippen LogP contribution >= 0.6 is 0 Å². The molecule has 0 unspecified atom stereocenters. The maximum Gasteiger partial charge on any atom is 0.387 e. The number of rotatable bonds is 9. The molecule has 0 aromatic heterocycles. The van der Waals surface area contributed by atoms with Gasteiger partial charge in [-0.1, -0.05) is 5.16 Å². The number of anilines is 1. The van der Waals surface area contributed by atoms with Gasteiger partial charge in [-0.25, -0.2) is 0 Å². The monoisotopic (exact) mass is 380 g/mol.